The van der Waals surface area contributed by atoms with Gasteiger partial charge in [-0.3, -0.25) is 0 Å². The van der Waals surface area contributed by atoms with E-state index in [0.717, 1.165) is 30.8 Å². The standard InChI is InChI=1S/C12H14BrNOS2/c13-10-6-12(17-9-10)7-14-3-4-15-8-11-2-1-5-16-11/h1-2,5-6,9,14H,3-4,7-8H2. The molecule has 5 heteroatoms. The molecule has 0 saturated heterocycles. The van der Waals surface area contributed by atoms with Gasteiger partial charge in [0.1, 0.15) is 0 Å². The van der Waals surface area contributed by atoms with Gasteiger partial charge in [-0.25, -0.2) is 0 Å². The number of halogens is 1. The van der Waals surface area contributed by atoms with Crippen LogP contribution in [-0.4, -0.2) is 13.2 Å². The van der Waals surface area contributed by atoms with Crippen LogP contribution in [0, 0.1) is 0 Å². The number of thiophene rings is 2. The van der Waals surface area contributed by atoms with Gasteiger partial charge in [-0.2, -0.15) is 0 Å². The van der Waals surface area contributed by atoms with E-state index in [1.54, 1.807) is 22.7 Å². The zero-order valence-corrected chi connectivity index (χ0v) is 12.5. The van der Waals surface area contributed by atoms with Crippen LogP contribution in [0.15, 0.2) is 33.4 Å². The van der Waals surface area contributed by atoms with E-state index in [4.69, 9.17) is 4.74 Å². The van der Waals surface area contributed by atoms with Gasteiger partial charge in [0.25, 0.3) is 0 Å². The Morgan fingerprint density at radius 3 is 2.94 bits per heavy atom. The normalized spacial score (nSPS) is 10.9. The lowest BCUT2D eigenvalue weighted by molar-refractivity contribution is 0.124. The molecule has 0 unspecified atom stereocenters. The molecule has 92 valence electrons. The van der Waals surface area contributed by atoms with E-state index in [0.29, 0.717) is 0 Å². The number of rotatable bonds is 7. The van der Waals surface area contributed by atoms with E-state index >= 15 is 0 Å². The summed E-state index contributed by atoms with van der Waals surface area (Å²) in [7, 11) is 0. The molecule has 1 N–H and O–H groups in total. The van der Waals surface area contributed by atoms with Gasteiger partial charge in [0.2, 0.25) is 0 Å². The molecule has 0 atom stereocenters. The number of hydrogen-bond acceptors (Lipinski definition) is 4. The lowest BCUT2D eigenvalue weighted by Gasteiger charge is -2.04. The summed E-state index contributed by atoms with van der Waals surface area (Å²) in [4.78, 5) is 2.63. The largest absolute Gasteiger partial charge is 0.375 e. The lowest BCUT2D eigenvalue weighted by atomic mass is 10.4. The summed E-state index contributed by atoms with van der Waals surface area (Å²) in [6.07, 6.45) is 0. The fourth-order valence-corrected chi connectivity index (χ4v) is 3.43. The molecule has 2 heterocycles. The zero-order valence-electron chi connectivity index (χ0n) is 9.32. The molecule has 0 spiro atoms. The van der Waals surface area contributed by atoms with Crippen LogP contribution in [0.4, 0.5) is 0 Å². The van der Waals surface area contributed by atoms with E-state index in [1.807, 2.05) is 0 Å². The first-order valence-corrected chi connectivity index (χ1v) is 7.93. The van der Waals surface area contributed by atoms with Crippen molar-refractivity contribution in [1.29, 1.82) is 0 Å². The predicted molar refractivity (Wildman–Crippen MR) is 77.7 cm³/mol. The van der Waals surface area contributed by atoms with Crippen LogP contribution in [0.25, 0.3) is 0 Å². The molecule has 0 aliphatic carbocycles. The second-order valence-corrected chi connectivity index (χ2v) is 6.48. The van der Waals surface area contributed by atoms with Crippen molar-refractivity contribution in [3.63, 3.8) is 0 Å². The maximum atomic E-state index is 5.56. The highest BCUT2D eigenvalue weighted by Crippen LogP contribution is 2.19. The van der Waals surface area contributed by atoms with Crippen molar-refractivity contribution < 1.29 is 4.74 Å². The van der Waals surface area contributed by atoms with E-state index < -0.39 is 0 Å². The minimum Gasteiger partial charge on any atom is -0.375 e. The zero-order chi connectivity index (χ0) is 11.9. The van der Waals surface area contributed by atoms with Crippen molar-refractivity contribution in [2.75, 3.05) is 13.2 Å². The summed E-state index contributed by atoms with van der Waals surface area (Å²) in [5.41, 5.74) is 0. The summed E-state index contributed by atoms with van der Waals surface area (Å²) in [6, 6.07) is 6.29. The molecule has 2 rings (SSSR count). The van der Waals surface area contributed by atoms with E-state index in [9.17, 15) is 0 Å². The molecule has 0 fully saturated rings. The monoisotopic (exact) mass is 331 g/mol. The minimum atomic E-state index is 0.726. The molecule has 2 nitrogen and oxygen atoms in total. The van der Waals surface area contributed by atoms with Gasteiger partial charge in [0.05, 0.1) is 13.2 Å². The summed E-state index contributed by atoms with van der Waals surface area (Å²) >= 11 is 6.95. The average Bonchev–Trinajstić information content (AvgIpc) is 2.95. The Morgan fingerprint density at radius 2 is 2.24 bits per heavy atom. The maximum absolute atomic E-state index is 5.56. The van der Waals surface area contributed by atoms with Gasteiger partial charge in [-0.15, -0.1) is 22.7 Å². The van der Waals surface area contributed by atoms with Crippen LogP contribution in [-0.2, 0) is 17.9 Å². The Kier molecular flexibility index (Phi) is 5.67. The van der Waals surface area contributed by atoms with Crippen LogP contribution < -0.4 is 5.32 Å². The van der Waals surface area contributed by atoms with Crippen LogP contribution in [0.1, 0.15) is 9.75 Å². The van der Waals surface area contributed by atoms with Gasteiger partial charge in [-0.1, -0.05) is 6.07 Å². The molecule has 2 aromatic rings. The second kappa shape index (κ2) is 7.28. The summed E-state index contributed by atoms with van der Waals surface area (Å²) in [5.74, 6) is 0. The Balaban J connectivity index is 1.52. The molecule has 0 amide bonds. The quantitative estimate of drug-likeness (QED) is 0.777. The molecule has 2 aromatic heterocycles. The highest BCUT2D eigenvalue weighted by Gasteiger charge is 1.97. The fraction of sp³-hybridized carbons (Fsp3) is 0.333. The summed E-state index contributed by atoms with van der Waals surface area (Å²) < 4.78 is 6.72. The van der Waals surface area contributed by atoms with Crippen LogP contribution >= 0.6 is 38.6 Å². The van der Waals surface area contributed by atoms with Crippen molar-refractivity contribution in [3.05, 3.63) is 43.2 Å². The number of nitrogens with one attached hydrogen (secondary N) is 1. The first kappa shape index (κ1) is 13.2. The molecule has 0 aliphatic heterocycles. The van der Waals surface area contributed by atoms with E-state index in [2.05, 4.69) is 50.2 Å². The van der Waals surface area contributed by atoms with Gasteiger partial charge < -0.3 is 10.1 Å². The molecule has 0 radical (unpaired) electrons. The summed E-state index contributed by atoms with van der Waals surface area (Å²) in [5, 5.41) is 7.54. The first-order chi connectivity index (χ1) is 8.34. The highest BCUT2D eigenvalue weighted by molar-refractivity contribution is 9.10. The topological polar surface area (TPSA) is 21.3 Å². The average molecular weight is 332 g/mol. The SMILES string of the molecule is Brc1csc(CNCCOCc2cccs2)c1. The third-order valence-electron chi connectivity index (χ3n) is 2.17. The summed E-state index contributed by atoms with van der Waals surface area (Å²) in [6.45, 7) is 3.29. The lowest BCUT2D eigenvalue weighted by Crippen LogP contribution is -2.18. The Hall–Kier alpha value is -0.200. The van der Waals surface area contributed by atoms with Crippen LogP contribution in [0.5, 0.6) is 0 Å². The molecular weight excluding hydrogens is 318 g/mol. The maximum Gasteiger partial charge on any atom is 0.0809 e. The molecule has 0 aromatic carbocycles. The second-order valence-electron chi connectivity index (χ2n) is 3.54. The Morgan fingerprint density at radius 1 is 1.29 bits per heavy atom. The molecule has 0 bridgehead atoms. The smallest absolute Gasteiger partial charge is 0.0809 e. The van der Waals surface area contributed by atoms with Gasteiger partial charge in [0.15, 0.2) is 0 Å². The number of ether oxygens (including phenoxy) is 1. The fourth-order valence-electron chi connectivity index (χ4n) is 1.37. The third kappa shape index (κ3) is 4.89. The van der Waals surface area contributed by atoms with Crippen molar-refractivity contribution in [2.24, 2.45) is 0 Å². The van der Waals surface area contributed by atoms with Gasteiger partial charge in [0, 0.05) is 32.7 Å². The van der Waals surface area contributed by atoms with Gasteiger partial charge in [-0.05, 0) is 33.4 Å². The van der Waals surface area contributed by atoms with Crippen molar-refractivity contribution in [2.45, 2.75) is 13.2 Å². The Labute approximate surface area is 118 Å². The molecule has 17 heavy (non-hydrogen) atoms. The predicted octanol–water partition coefficient (Wildman–Crippen LogP) is 3.88. The highest BCUT2D eigenvalue weighted by atomic mass is 79.9. The molecule has 0 saturated carbocycles. The van der Waals surface area contributed by atoms with Gasteiger partial charge >= 0.3 is 0 Å². The Bertz CT molecular complexity index is 427. The van der Waals surface area contributed by atoms with Crippen molar-refractivity contribution >= 4 is 38.6 Å². The minimum absolute atomic E-state index is 0.726. The molecular formula is C12H14BrNOS2. The number of hydrogen-bond donors (Lipinski definition) is 1. The first-order valence-electron chi connectivity index (χ1n) is 5.38. The third-order valence-corrected chi connectivity index (χ3v) is 4.72. The van der Waals surface area contributed by atoms with E-state index in [1.165, 1.54) is 9.75 Å². The van der Waals surface area contributed by atoms with Crippen LogP contribution in [0.3, 0.4) is 0 Å². The van der Waals surface area contributed by atoms with Crippen molar-refractivity contribution in [3.8, 4) is 0 Å². The van der Waals surface area contributed by atoms with Crippen molar-refractivity contribution in [1.82, 2.24) is 5.32 Å². The molecule has 0 aliphatic rings. The van der Waals surface area contributed by atoms with E-state index in [-0.39, 0.29) is 0 Å². The van der Waals surface area contributed by atoms with Crippen LogP contribution in [0.2, 0.25) is 0 Å².